The molecule has 0 aromatic heterocycles. The number of ether oxygens (including phenoxy) is 1. The van der Waals surface area contributed by atoms with Gasteiger partial charge in [-0.1, -0.05) is 51.1 Å². The van der Waals surface area contributed by atoms with Crippen molar-refractivity contribution in [3.8, 4) is 0 Å². The van der Waals surface area contributed by atoms with Crippen molar-refractivity contribution in [2.45, 2.75) is 59.5 Å². The minimum atomic E-state index is -0.125. The average molecular weight is 291 g/mol. The third-order valence-electron chi connectivity index (χ3n) is 3.36. The molecule has 0 spiro atoms. The van der Waals surface area contributed by atoms with Crippen LogP contribution in [0.2, 0.25) is 0 Å². The highest BCUT2D eigenvalue weighted by molar-refractivity contribution is 5.70. The Morgan fingerprint density at radius 2 is 1.86 bits per heavy atom. The lowest BCUT2D eigenvalue weighted by Gasteiger charge is -2.29. The molecule has 0 amide bonds. The van der Waals surface area contributed by atoms with Gasteiger partial charge in [0.2, 0.25) is 0 Å². The fraction of sp³-hybridized carbons (Fsp3) is 0.611. The van der Waals surface area contributed by atoms with Crippen LogP contribution in [-0.4, -0.2) is 18.6 Å². The largest absolute Gasteiger partial charge is 0.466 e. The van der Waals surface area contributed by atoms with Gasteiger partial charge in [0.1, 0.15) is 0 Å². The van der Waals surface area contributed by atoms with E-state index in [1.807, 2.05) is 25.1 Å². The number of hydrogen-bond acceptors (Lipinski definition) is 3. The lowest BCUT2D eigenvalue weighted by atomic mass is 9.86. The van der Waals surface area contributed by atoms with Crippen molar-refractivity contribution in [1.82, 2.24) is 5.32 Å². The third-order valence-corrected chi connectivity index (χ3v) is 3.36. The van der Waals surface area contributed by atoms with Gasteiger partial charge in [-0.3, -0.25) is 4.79 Å². The van der Waals surface area contributed by atoms with Crippen LogP contribution in [0.3, 0.4) is 0 Å². The van der Waals surface area contributed by atoms with Crippen LogP contribution in [0.15, 0.2) is 30.3 Å². The second kappa shape index (κ2) is 8.18. The van der Waals surface area contributed by atoms with Gasteiger partial charge in [0, 0.05) is 12.1 Å². The molecule has 0 aliphatic rings. The highest BCUT2D eigenvalue weighted by atomic mass is 16.5. The quantitative estimate of drug-likeness (QED) is 0.769. The molecule has 0 heterocycles. The van der Waals surface area contributed by atoms with E-state index in [1.165, 1.54) is 5.56 Å². The van der Waals surface area contributed by atoms with Gasteiger partial charge in [0.25, 0.3) is 0 Å². The van der Waals surface area contributed by atoms with Crippen LogP contribution in [0.4, 0.5) is 0 Å². The van der Waals surface area contributed by atoms with Gasteiger partial charge in [0.15, 0.2) is 0 Å². The van der Waals surface area contributed by atoms with E-state index in [0.29, 0.717) is 13.0 Å². The Hall–Kier alpha value is -1.35. The van der Waals surface area contributed by atoms with Gasteiger partial charge in [0.05, 0.1) is 13.0 Å². The van der Waals surface area contributed by atoms with Crippen molar-refractivity contribution < 1.29 is 9.53 Å². The monoisotopic (exact) mass is 291 g/mol. The van der Waals surface area contributed by atoms with Crippen LogP contribution in [-0.2, 0) is 9.53 Å². The molecule has 118 valence electrons. The summed E-state index contributed by atoms with van der Waals surface area (Å²) in [5, 5.41) is 3.58. The zero-order valence-electron chi connectivity index (χ0n) is 14.0. The topological polar surface area (TPSA) is 38.3 Å². The number of hydrogen-bond donors (Lipinski definition) is 1. The second-order valence-corrected chi connectivity index (χ2v) is 6.77. The van der Waals surface area contributed by atoms with E-state index in [1.54, 1.807) is 0 Å². The number of benzene rings is 1. The standard InChI is InChI=1S/C18H29NO2/c1-6-21-17(20)12-16(13-18(3,4)5)19-14(2)15-10-8-7-9-11-15/h7-11,14,16,19H,6,12-13H2,1-5H3. The summed E-state index contributed by atoms with van der Waals surface area (Å²) in [7, 11) is 0. The first-order valence-corrected chi connectivity index (χ1v) is 7.78. The predicted molar refractivity (Wildman–Crippen MR) is 87.1 cm³/mol. The highest BCUT2D eigenvalue weighted by Gasteiger charge is 2.23. The summed E-state index contributed by atoms with van der Waals surface area (Å²) in [5.74, 6) is -0.125. The summed E-state index contributed by atoms with van der Waals surface area (Å²) < 4.78 is 5.10. The maximum atomic E-state index is 11.8. The van der Waals surface area contributed by atoms with Crippen LogP contribution < -0.4 is 5.32 Å². The number of carbonyl (C=O) groups is 1. The molecule has 0 aliphatic heterocycles. The van der Waals surface area contributed by atoms with Crippen LogP contribution in [0.1, 0.15) is 59.1 Å². The molecule has 0 saturated carbocycles. The molecular weight excluding hydrogens is 262 g/mol. The van der Waals surface area contributed by atoms with Crippen molar-refractivity contribution in [3.63, 3.8) is 0 Å². The maximum Gasteiger partial charge on any atom is 0.307 e. The van der Waals surface area contributed by atoms with E-state index in [-0.39, 0.29) is 23.5 Å². The van der Waals surface area contributed by atoms with Crippen LogP contribution in [0.5, 0.6) is 0 Å². The van der Waals surface area contributed by atoms with E-state index in [4.69, 9.17) is 4.74 Å². The molecule has 3 nitrogen and oxygen atoms in total. The van der Waals surface area contributed by atoms with Crippen molar-refractivity contribution >= 4 is 5.97 Å². The van der Waals surface area contributed by atoms with Crippen molar-refractivity contribution in [3.05, 3.63) is 35.9 Å². The zero-order valence-corrected chi connectivity index (χ0v) is 14.0. The van der Waals surface area contributed by atoms with E-state index >= 15 is 0 Å². The molecule has 3 heteroatoms. The molecule has 1 aromatic carbocycles. The van der Waals surface area contributed by atoms with E-state index in [0.717, 1.165) is 6.42 Å². The Labute approximate surface area is 129 Å². The molecule has 2 atom stereocenters. The fourth-order valence-electron chi connectivity index (χ4n) is 2.54. The summed E-state index contributed by atoms with van der Waals surface area (Å²) in [6, 6.07) is 10.6. The summed E-state index contributed by atoms with van der Waals surface area (Å²) in [6.07, 6.45) is 1.35. The van der Waals surface area contributed by atoms with Gasteiger partial charge in [-0.05, 0) is 31.2 Å². The Kier molecular flexibility index (Phi) is 6.90. The Balaban J connectivity index is 2.69. The van der Waals surface area contributed by atoms with Gasteiger partial charge < -0.3 is 10.1 Å². The minimum absolute atomic E-state index is 0.124. The predicted octanol–water partition coefficient (Wildman–Crippen LogP) is 4.10. The average Bonchev–Trinajstić information content (AvgIpc) is 2.37. The van der Waals surface area contributed by atoms with Crippen LogP contribution >= 0.6 is 0 Å². The molecule has 2 unspecified atom stereocenters. The maximum absolute atomic E-state index is 11.8. The summed E-state index contributed by atoms with van der Waals surface area (Å²) in [6.45, 7) is 11.0. The van der Waals surface area contributed by atoms with Crippen molar-refractivity contribution in [2.24, 2.45) is 5.41 Å². The van der Waals surface area contributed by atoms with E-state index < -0.39 is 0 Å². The molecule has 1 N–H and O–H groups in total. The number of esters is 1. The first kappa shape index (κ1) is 17.7. The Bertz CT molecular complexity index is 423. The van der Waals surface area contributed by atoms with Gasteiger partial charge >= 0.3 is 5.97 Å². The fourth-order valence-corrected chi connectivity index (χ4v) is 2.54. The SMILES string of the molecule is CCOC(=O)CC(CC(C)(C)C)NC(C)c1ccccc1. The van der Waals surface area contributed by atoms with Gasteiger partial charge in [-0.25, -0.2) is 0 Å². The smallest absolute Gasteiger partial charge is 0.307 e. The molecule has 1 aromatic rings. The molecule has 0 aliphatic carbocycles. The summed E-state index contributed by atoms with van der Waals surface area (Å²) in [5.41, 5.74) is 1.40. The van der Waals surface area contributed by atoms with Crippen LogP contribution in [0.25, 0.3) is 0 Å². The summed E-state index contributed by atoms with van der Waals surface area (Å²) in [4.78, 5) is 11.8. The van der Waals surface area contributed by atoms with E-state index in [9.17, 15) is 4.79 Å². The van der Waals surface area contributed by atoms with E-state index in [2.05, 4.69) is 45.1 Å². The molecule has 0 fully saturated rings. The lowest BCUT2D eigenvalue weighted by molar-refractivity contribution is -0.143. The molecule has 21 heavy (non-hydrogen) atoms. The molecule has 0 bridgehead atoms. The zero-order chi connectivity index (χ0) is 15.9. The molecule has 0 saturated heterocycles. The second-order valence-electron chi connectivity index (χ2n) is 6.77. The van der Waals surface area contributed by atoms with Gasteiger partial charge in [-0.15, -0.1) is 0 Å². The Morgan fingerprint density at radius 3 is 2.38 bits per heavy atom. The number of carbonyl (C=O) groups excluding carboxylic acids is 1. The molecule has 1 rings (SSSR count). The minimum Gasteiger partial charge on any atom is -0.466 e. The lowest BCUT2D eigenvalue weighted by Crippen LogP contribution is -2.37. The highest BCUT2D eigenvalue weighted by Crippen LogP contribution is 2.24. The molecule has 0 radical (unpaired) electrons. The normalized spacial score (nSPS) is 14.5. The van der Waals surface area contributed by atoms with Gasteiger partial charge in [-0.2, -0.15) is 0 Å². The number of nitrogens with one attached hydrogen (secondary N) is 1. The molecular formula is C18H29NO2. The number of rotatable bonds is 7. The summed E-state index contributed by atoms with van der Waals surface area (Å²) >= 11 is 0. The Morgan fingerprint density at radius 1 is 1.24 bits per heavy atom. The van der Waals surface area contributed by atoms with Crippen molar-refractivity contribution in [1.29, 1.82) is 0 Å². The first-order chi connectivity index (χ1) is 9.81. The van der Waals surface area contributed by atoms with Crippen LogP contribution in [0, 0.1) is 5.41 Å². The first-order valence-electron chi connectivity index (χ1n) is 7.78. The van der Waals surface area contributed by atoms with Crippen molar-refractivity contribution in [2.75, 3.05) is 6.61 Å². The third kappa shape index (κ3) is 7.28.